The van der Waals surface area contributed by atoms with Crippen LogP contribution in [0, 0.1) is 20.8 Å². The lowest BCUT2D eigenvalue weighted by atomic mass is 9.86. The molecule has 0 aliphatic carbocycles. The van der Waals surface area contributed by atoms with E-state index < -0.39 is 11.5 Å². The molecule has 2 aromatic rings. The van der Waals surface area contributed by atoms with Crippen molar-refractivity contribution in [2.45, 2.75) is 45.6 Å². The minimum atomic E-state index is -1.03. The van der Waals surface area contributed by atoms with Crippen molar-refractivity contribution < 1.29 is 14.7 Å². The van der Waals surface area contributed by atoms with Crippen molar-refractivity contribution in [1.82, 2.24) is 24.6 Å². The van der Waals surface area contributed by atoms with Crippen molar-refractivity contribution in [3.8, 4) is 0 Å². The maximum atomic E-state index is 12.6. The van der Waals surface area contributed by atoms with E-state index in [9.17, 15) is 14.7 Å². The van der Waals surface area contributed by atoms with Crippen LogP contribution in [0.25, 0.3) is 0 Å². The minimum absolute atomic E-state index is 0.00828. The Bertz CT molecular complexity index is 780. The van der Waals surface area contributed by atoms with Gasteiger partial charge in [-0.1, -0.05) is 0 Å². The number of carboxylic acid groups (broad SMARTS) is 1. The molecular weight excluding hydrogens is 322 g/mol. The van der Waals surface area contributed by atoms with Crippen LogP contribution in [0.4, 0.5) is 0 Å². The van der Waals surface area contributed by atoms with Crippen LogP contribution in [0.2, 0.25) is 0 Å². The highest BCUT2D eigenvalue weighted by atomic mass is 16.4. The van der Waals surface area contributed by atoms with Gasteiger partial charge >= 0.3 is 5.97 Å². The zero-order valence-corrected chi connectivity index (χ0v) is 14.7. The summed E-state index contributed by atoms with van der Waals surface area (Å²) in [6.45, 7) is 6.40. The third-order valence-electron chi connectivity index (χ3n) is 5.24. The lowest BCUT2D eigenvalue weighted by Gasteiger charge is -2.40. The normalized spacial score (nSPS) is 16.8. The van der Waals surface area contributed by atoms with Crippen molar-refractivity contribution in [2.24, 2.45) is 0 Å². The van der Waals surface area contributed by atoms with Crippen LogP contribution in [0.15, 0.2) is 12.4 Å². The highest BCUT2D eigenvalue weighted by Gasteiger charge is 2.44. The van der Waals surface area contributed by atoms with Gasteiger partial charge in [-0.3, -0.25) is 9.89 Å². The summed E-state index contributed by atoms with van der Waals surface area (Å²) in [5, 5.41) is 16.8. The molecule has 2 N–H and O–H groups in total. The number of carboxylic acids is 1. The van der Waals surface area contributed by atoms with E-state index in [1.165, 1.54) is 0 Å². The van der Waals surface area contributed by atoms with E-state index in [0.29, 0.717) is 38.2 Å². The molecule has 134 valence electrons. The number of amides is 1. The van der Waals surface area contributed by atoms with Gasteiger partial charge in [-0.25, -0.2) is 9.78 Å². The molecule has 1 fully saturated rings. The first-order valence-electron chi connectivity index (χ1n) is 8.37. The van der Waals surface area contributed by atoms with Crippen LogP contribution in [0.1, 0.15) is 35.6 Å². The number of H-pyrrole nitrogens is 1. The number of hydrogen-bond acceptors (Lipinski definition) is 4. The first kappa shape index (κ1) is 17.2. The number of aryl methyl sites for hydroxylation is 3. The van der Waals surface area contributed by atoms with E-state index in [2.05, 4.69) is 15.2 Å². The topological polar surface area (TPSA) is 104 Å². The van der Waals surface area contributed by atoms with Crippen LogP contribution in [-0.2, 0) is 21.5 Å². The molecule has 2 aromatic heterocycles. The van der Waals surface area contributed by atoms with Gasteiger partial charge in [0.2, 0.25) is 5.91 Å². The van der Waals surface area contributed by atoms with E-state index in [4.69, 9.17) is 0 Å². The van der Waals surface area contributed by atoms with E-state index >= 15 is 0 Å². The van der Waals surface area contributed by atoms with Crippen LogP contribution >= 0.6 is 0 Å². The first-order chi connectivity index (χ1) is 11.8. The summed E-state index contributed by atoms with van der Waals surface area (Å²) in [6.07, 6.45) is 4.35. The third-order valence-corrected chi connectivity index (χ3v) is 5.24. The van der Waals surface area contributed by atoms with Gasteiger partial charge in [-0.2, -0.15) is 5.10 Å². The molecule has 3 rings (SSSR count). The summed E-state index contributed by atoms with van der Waals surface area (Å²) in [4.78, 5) is 30.5. The number of imidazole rings is 1. The molecule has 25 heavy (non-hydrogen) atoms. The second kappa shape index (κ2) is 6.34. The lowest BCUT2D eigenvalue weighted by Crippen LogP contribution is -2.52. The molecule has 3 heterocycles. The summed E-state index contributed by atoms with van der Waals surface area (Å²) in [5.41, 5.74) is 1.62. The van der Waals surface area contributed by atoms with Crippen LogP contribution in [0.3, 0.4) is 0 Å². The number of aromatic nitrogens is 4. The predicted octanol–water partition coefficient (Wildman–Crippen LogP) is 1.18. The second-order valence-corrected chi connectivity index (χ2v) is 6.65. The highest BCUT2D eigenvalue weighted by molar-refractivity contribution is 5.81. The molecule has 1 saturated heterocycles. The molecule has 0 unspecified atom stereocenters. The van der Waals surface area contributed by atoms with Crippen molar-refractivity contribution in [3.63, 3.8) is 0 Å². The Morgan fingerprint density at radius 1 is 1.28 bits per heavy atom. The van der Waals surface area contributed by atoms with E-state index in [1.54, 1.807) is 28.8 Å². The minimum Gasteiger partial charge on any atom is -0.479 e. The average molecular weight is 345 g/mol. The smallest absolute Gasteiger partial charge is 0.330 e. The summed E-state index contributed by atoms with van der Waals surface area (Å²) >= 11 is 0. The van der Waals surface area contributed by atoms with E-state index in [0.717, 1.165) is 17.0 Å². The number of piperidine rings is 1. The predicted molar refractivity (Wildman–Crippen MR) is 90.2 cm³/mol. The molecule has 0 aromatic carbocycles. The Kier molecular flexibility index (Phi) is 4.36. The molecule has 0 saturated carbocycles. The molecule has 8 nitrogen and oxygen atoms in total. The van der Waals surface area contributed by atoms with Gasteiger partial charge in [-0.15, -0.1) is 0 Å². The van der Waals surface area contributed by atoms with Gasteiger partial charge in [0, 0.05) is 36.7 Å². The van der Waals surface area contributed by atoms with Gasteiger partial charge in [0.25, 0.3) is 0 Å². The highest BCUT2D eigenvalue weighted by Crippen LogP contribution is 2.32. The van der Waals surface area contributed by atoms with Crippen molar-refractivity contribution >= 4 is 11.9 Å². The molecule has 0 atom stereocenters. The fraction of sp³-hybridized carbons (Fsp3) is 0.529. The number of aliphatic carboxylic acids is 1. The zero-order chi connectivity index (χ0) is 18.2. The Morgan fingerprint density at radius 2 is 1.96 bits per heavy atom. The Hall–Kier alpha value is -2.64. The quantitative estimate of drug-likeness (QED) is 0.866. The molecule has 1 aliphatic rings. The van der Waals surface area contributed by atoms with Crippen LogP contribution in [-0.4, -0.2) is 54.7 Å². The number of likely N-dealkylation sites (tertiary alicyclic amines) is 1. The van der Waals surface area contributed by atoms with Crippen molar-refractivity contribution in [1.29, 1.82) is 0 Å². The molecule has 1 amide bonds. The van der Waals surface area contributed by atoms with Crippen LogP contribution < -0.4 is 0 Å². The summed E-state index contributed by atoms with van der Waals surface area (Å²) < 4.78 is 1.72. The number of nitrogens with zero attached hydrogens (tertiary/aromatic N) is 4. The standard InChI is InChI=1S/C17H23N5O3/c1-11-14(12(2)20-19-11)10-15(23)21-7-4-17(5-8-21,16(24)25)22-9-6-18-13(22)3/h6,9H,4-5,7-8,10H2,1-3H3,(H,19,20)(H,24,25). The largest absolute Gasteiger partial charge is 0.479 e. The lowest BCUT2D eigenvalue weighted by molar-refractivity contribution is -0.152. The fourth-order valence-electron chi connectivity index (χ4n) is 3.61. The maximum absolute atomic E-state index is 12.6. The number of hydrogen-bond donors (Lipinski definition) is 2. The molecular formula is C17H23N5O3. The molecule has 1 aliphatic heterocycles. The zero-order valence-electron chi connectivity index (χ0n) is 14.7. The number of carbonyl (C=O) groups is 2. The molecule has 0 bridgehead atoms. The monoisotopic (exact) mass is 345 g/mol. The van der Waals surface area contributed by atoms with Gasteiger partial charge in [0.15, 0.2) is 0 Å². The molecule has 8 heteroatoms. The molecule has 0 spiro atoms. The molecule has 0 radical (unpaired) electrons. The van der Waals surface area contributed by atoms with E-state index in [-0.39, 0.29) is 5.91 Å². The van der Waals surface area contributed by atoms with Crippen molar-refractivity contribution in [3.05, 3.63) is 35.2 Å². The van der Waals surface area contributed by atoms with E-state index in [1.807, 2.05) is 13.8 Å². The maximum Gasteiger partial charge on any atom is 0.330 e. The first-order valence-corrected chi connectivity index (χ1v) is 8.37. The third kappa shape index (κ3) is 2.92. The van der Waals surface area contributed by atoms with Gasteiger partial charge in [0.05, 0.1) is 12.1 Å². The van der Waals surface area contributed by atoms with Gasteiger partial charge in [-0.05, 0) is 33.6 Å². The summed E-state index contributed by atoms with van der Waals surface area (Å²) in [5.74, 6) is -0.192. The van der Waals surface area contributed by atoms with Gasteiger partial charge in [0.1, 0.15) is 11.4 Å². The number of nitrogens with one attached hydrogen (secondary N) is 1. The Balaban J connectivity index is 1.73. The fourth-order valence-corrected chi connectivity index (χ4v) is 3.61. The Morgan fingerprint density at radius 3 is 2.44 bits per heavy atom. The van der Waals surface area contributed by atoms with Crippen LogP contribution in [0.5, 0.6) is 0 Å². The summed E-state index contributed by atoms with van der Waals surface area (Å²) in [7, 11) is 0. The number of carbonyl (C=O) groups excluding carboxylic acids is 1. The second-order valence-electron chi connectivity index (χ2n) is 6.65. The Labute approximate surface area is 145 Å². The van der Waals surface area contributed by atoms with Crippen molar-refractivity contribution in [2.75, 3.05) is 13.1 Å². The SMILES string of the molecule is Cc1n[nH]c(C)c1CC(=O)N1CCC(C(=O)O)(n2ccnc2C)CC1. The summed E-state index contributed by atoms with van der Waals surface area (Å²) in [6, 6.07) is 0. The average Bonchev–Trinajstić information content (AvgIpc) is 3.15. The number of aromatic amines is 1. The number of rotatable bonds is 4. The van der Waals surface area contributed by atoms with Gasteiger partial charge < -0.3 is 14.6 Å².